The fourth-order valence-corrected chi connectivity index (χ4v) is 2.59. The first kappa shape index (κ1) is 14.3. The predicted octanol–water partition coefficient (Wildman–Crippen LogP) is 2.28. The van der Waals surface area contributed by atoms with Gasteiger partial charge in [0.15, 0.2) is 0 Å². The van der Waals surface area contributed by atoms with Gasteiger partial charge in [0, 0.05) is 25.9 Å². The van der Waals surface area contributed by atoms with Gasteiger partial charge in [-0.25, -0.2) is 4.98 Å². The van der Waals surface area contributed by atoms with Crippen LogP contribution in [0.15, 0.2) is 12.1 Å². The van der Waals surface area contributed by atoms with Crippen molar-refractivity contribution in [1.29, 1.82) is 0 Å². The van der Waals surface area contributed by atoms with Gasteiger partial charge < -0.3 is 15.4 Å². The summed E-state index contributed by atoms with van der Waals surface area (Å²) < 4.78 is 5.65. The van der Waals surface area contributed by atoms with Gasteiger partial charge in [-0.3, -0.25) is 0 Å². The maximum Gasteiger partial charge on any atom is 0.129 e. The molecule has 1 aromatic rings. The summed E-state index contributed by atoms with van der Waals surface area (Å²) in [5.74, 6) is 1.42. The van der Waals surface area contributed by atoms with Crippen LogP contribution in [0, 0.1) is 0 Å². The average Bonchev–Trinajstić information content (AvgIpc) is 2.83. The van der Waals surface area contributed by atoms with Crippen molar-refractivity contribution in [2.75, 3.05) is 18.6 Å². The maximum atomic E-state index is 5.80. The van der Waals surface area contributed by atoms with Crippen LogP contribution in [0.3, 0.4) is 0 Å². The van der Waals surface area contributed by atoms with E-state index in [1.54, 1.807) is 0 Å². The Kier molecular flexibility index (Phi) is 4.42. The average molecular weight is 263 g/mol. The highest BCUT2D eigenvalue weighted by Crippen LogP contribution is 2.25. The van der Waals surface area contributed by atoms with E-state index < -0.39 is 0 Å². The summed E-state index contributed by atoms with van der Waals surface area (Å²) in [6, 6.07) is 4.61. The zero-order chi connectivity index (χ0) is 14.0. The van der Waals surface area contributed by atoms with E-state index in [4.69, 9.17) is 15.5 Å². The molecule has 106 valence electrons. The third-order valence-electron chi connectivity index (χ3n) is 3.91. The Morgan fingerprint density at radius 1 is 1.47 bits per heavy atom. The van der Waals surface area contributed by atoms with Gasteiger partial charge >= 0.3 is 0 Å². The molecule has 0 amide bonds. The second-order valence-electron chi connectivity index (χ2n) is 5.66. The molecule has 2 atom stereocenters. The summed E-state index contributed by atoms with van der Waals surface area (Å²) in [5.41, 5.74) is 8.05. The highest BCUT2D eigenvalue weighted by Gasteiger charge is 2.28. The summed E-state index contributed by atoms with van der Waals surface area (Å²) in [5, 5.41) is 0. The smallest absolute Gasteiger partial charge is 0.129 e. The fourth-order valence-electron chi connectivity index (χ4n) is 2.59. The first-order valence-electron chi connectivity index (χ1n) is 7.08. The maximum absolute atomic E-state index is 5.80. The zero-order valence-corrected chi connectivity index (χ0v) is 12.4. The van der Waals surface area contributed by atoms with Crippen molar-refractivity contribution >= 4 is 5.82 Å². The molecule has 0 saturated carbocycles. The Balaban J connectivity index is 2.29. The summed E-state index contributed by atoms with van der Waals surface area (Å²) in [6.45, 7) is 7.84. The number of pyridine rings is 1. The minimum atomic E-state index is 0.260. The second-order valence-corrected chi connectivity index (χ2v) is 5.66. The van der Waals surface area contributed by atoms with E-state index in [-0.39, 0.29) is 6.10 Å². The van der Waals surface area contributed by atoms with Crippen molar-refractivity contribution in [3.05, 3.63) is 23.4 Å². The molecule has 2 rings (SSSR count). The Bertz CT molecular complexity index is 433. The minimum Gasteiger partial charge on any atom is -0.376 e. The number of hydrogen-bond donors (Lipinski definition) is 1. The van der Waals surface area contributed by atoms with Crippen molar-refractivity contribution in [1.82, 2.24) is 4.98 Å². The molecule has 1 saturated heterocycles. The van der Waals surface area contributed by atoms with E-state index in [9.17, 15) is 0 Å². The fraction of sp³-hybridized carbons (Fsp3) is 0.667. The first-order chi connectivity index (χ1) is 9.02. The summed E-state index contributed by atoms with van der Waals surface area (Å²) >= 11 is 0. The van der Waals surface area contributed by atoms with Crippen LogP contribution < -0.4 is 10.6 Å². The van der Waals surface area contributed by atoms with Crippen molar-refractivity contribution < 1.29 is 4.74 Å². The number of ether oxygens (including phenoxy) is 1. The lowest BCUT2D eigenvalue weighted by Crippen LogP contribution is -2.37. The van der Waals surface area contributed by atoms with E-state index in [1.807, 2.05) is 0 Å². The highest BCUT2D eigenvalue weighted by molar-refractivity contribution is 5.44. The molecule has 0 bridgehead atoms. The van der Waals surface area contributed by atoms with E-state index in [2.05, 4.69) is 44.9 Å². The van der Waals surface area contributed by atoms with Crippen LogP contribution in [0.2, 0.25) is 0 Å². The molecule has 2 N–H and O–H groups in total. The number of nitrogens with zero attached hydrogens (tertiary/aromatic N) is 2. The Morgan fingerprint density at radius 3 is 2.74 bits per heavy atom. The van der Waals surface area contributed by atoms with Gasteiger partial charge in [0.05, 0.1) is 12.1 Å². The van der Waals surface area contributed by atoms with Crippen LogP contribution in [0.4, 0.5) is 5.82 Å². The lowest BCUT2D eigenvalue weighted by molar-refractivity contribution is 0.118. The van der Waals surface area contributed by atoms with Gasteiger partial charge in [0.25, 0.3) is 0 Å². The number of anilines is 1. The van der Waals surface area contributed by atoms with Gasteiger partial charge in [0.1, 0.15) is 5.82 Å². The van der Waals surface area contributed by atoms with Crippen molar-refractivity contribution in [3.63, 3.8) is 0 Å². The van der Waals surface area contributed by atoms with Crippen molar-refractivity contribution in [2.45, 2.75) is 51.8 Å². The molecule has 1 aromatic heterocycles. The molecule has 2 heterocycles. The molecule has 4 nitrogen and oxygen atoms in total. The van der Waals surface area contributed by atoms with E-state index in [0.717, 1.165) is 30.1 Å². The number of rotatable bonds is 4. The second kappa shape index (κ2) is 5.88. The van der Waals surface area contributed by atoms with E-state index in [1.165, 1.54) is 0 Å². The lowest BCUT2D eigenvalue weighted by atomic mass is 10.1. The first-order valence-corrected chi connectivity index (χ1v) is 7.08. The monoisotopic (exact) mass is 263 g/mol. The molecule has 4 heteroatoms. The summed E-state index contributed by atoms with van der Waals surface area (Å²) in [4.78, 5) is 7.01. The van der Waals surface area contributed by atoms with Gasteiger partial charge in [-0.1, -0.05) is 13.8 Å². The number of likely N-dealkylation sites (N-methyl/N-ethyl adjacent to an activating group) is 1. The molecular weight excluding hydrogens is 238 g/mol. The molecule has 1 aliphatic rings. The molecule has 0 aromatic carbocycles. The normalized spacial score (nSPS) is 23.1. The Morgan fingerprint density at radius 2 is 2.21 bits per heavy atom. The van der Waals surface area contributed by atoms with Crippen LogP contribution >= 0.6 is 0 Å². The quantitative estimate of drug-likeness (QED) is 0.905. The molecular formula is C15H25N3O. The standard InChI is InChI=1S/C15H25N3O/c1-10(2)13-7-12(9-16)8-15(17-13)18(4)14-5-6-19-11(14)3/h7-8,10-11,14H,5-6,9,16H2,1-4H3. The molecule has 1 aliphatic heterocycles. The SMILES string of the molecule is CC(C)c1cc(CN)cc(N(C)C2CCOC2C)n1. The molecule has 2 unspecified atom stereocenters. The minimum absolute atomic E-state index is 0.260. The number of aromatic nitrogens is 1. The topological polar surface area (TPSA) is 51.4 Å². The third-order valence-corrected chi connectivity index (χ3v) is 3.91. The number of nitrogens with two attached hydrogens (primary N) is 1. The zero-order valence-electron chi connectivity index (χ0n) is 12.4. The lowest BCUT2D eigenvalue weighted by Gasteiger charge is -2.28. The van der Waals surface area contributed by atoms with E-state index in [0.29, 0.717) is 18.5 Å². The summed E-state index contributed by atoms with van der Waals surface area (Å²) in [7, 11) is 2.10. The van der Waals surface area contributed by atoms with Crippen LogP contribution in [0.25, 0.3) is 0 Å². The Hall–Kier alpha value is -1.13. The molecule has 0 radical (unpaired) electrons. The Labute approximate surface area is 116 Å². The van der Waals surface area contributed by atoms with Crippen molar-refractivity contribution in [3.8, 4) is 0 Å². The van der Waals surface area contributed by atoms with Gasteiger partial charge in [-0.05, 0) is 37.0 Å². The molecule has 1 fully saturated rings. The largest absolute Gasteiger partial charge is 0.376 e. The van der Waals surface area contributed by atoms with Crippen molar-refractivity contribution in [2.24, 2.45) is 5.73 Å². The van der Waals surface area contributed by atoms with E-state index >= 15 is 0 Å². The van der Waals surface area contributed by atoms with Crippen LogP contribution in [-0.4, -0.2) is 30.8 Å². The third kappa shape index (κ3) is 3.07. The predicted molar refractivity (Wildman–Crippen MR) is 78.4 cm³/mol. The summed E-state index contributed by atoms with van der Waals surface area (Å²) in [6.07, 6.45) is 1.32. The van der Waals surface area contributed by atoms with Gasteiger partial charge in [-0.2, -0.15) is 0 Å². The highest BCUT2D eigenvalue weighted by atomic mass is 16.5. The van der Waals surface area contributed by atoms with Gasteiger partial charge in [0.2, 0.25) is 0 Å². The number of hydrogen-bond acceptors (Lipinski definition) is 4. The van der Waals surface area contributed by atoms with Crippen LogP contribution in [0.1, 0.15) is 44.4 Å². The van der Waals surface area contributed by atoms with Gasteiger partial charge in [-0.15, -0.1) is 0 Å². The molecule has 0 aliphatic carbocycles. The van der Waals surface area contributed by atoms with Crippen LogP contribution in [-0.2, 0) is 11.3 Å². The molecule has 0 spiro atoms. The molecule has 19 heavy (non-hydrogen) atoms. The van der Waals surface area contributed by atoms with Crippen LogP contribution in [0.5, 0.6) is 0 Å².